The second kappa shape index (κ2) is 6.63. The summed E-state index contributed by atoms with van der Waals surface area (Å²) < 4.78 is 5.05. The standard InChI is InChI=1S/C23H36O3/c1-15(24)26-14-21(25)20-10-9-18-17-8-7-16-6-4-5-12-22(16,2)19(17)11-13-23(18,20)3/h16-20H,4-14H2,1-3H3. The van der Waals surface area contributed by atoms with Crippen LogP contribution in [0.1, 0.15) is 85.0 Å². The van der Waals surface area contributed by atoms with E-state index in [9.17, 15) is 9.59 Å². The third-order valence-electron chi connectivity index (χ3n) is 9.39. The minimum atomic E-state index is -0.342. The summed E-state index contributed by atoms with van der Waals surface area (Å²) in [5.74, 6) is 3.27. The lowest BCUT2D eigenvalue weighted by Gasteiger charge is -2.60. The summed E-state index contributed by atoms with van der Waals surface area (Å²) in [6.07, 6.45) is 13.2. The molecule has 0 N–H and O–H groups in total. The number of Topliss-reactive ketones (excluding diaryl/α,β-unsaturated/α-hetero) is 1. The van der Waals surface area contributed by atoms with E-state index in [2.05, 4.69) is 13.8 Å². The Bertz CT molecular complexity index is 584. The van der Waals surface area contributed by atoms with Gasteiger partial charge in [0.25, 0.3) is 0 Å². The molecule has 0 bridgehead atoms. The van der Waals surface area contributed by atoms with Gasteiger partial charge in [-0.3, -0.25) is 9.59 Å². The Morgan fingerprint density at radius 3 is 2.42 bits per heavy atom. The number of ether oxygens (including phenoxy) is 1. The van der Waals surface area contributed by atoms with Crippen molar-refractivity contribution in [3.8, 4) is 0 Å². The normalized spacial score (nSPS) is 47.4. The molecule has 0 heterocycles. The number of esters is 1. The Kier molecular flexibility index (Phi) is 4.72. The highest BCUT2D eigenvalue weighted by Crippen LogP contribution is 2.67. The van der Waals surface area contributed by atoms with Gasteiger partial charge in [0, 0.05) is 12.8 Å². The molecule has 4 fully saturated rings. The Balaban J connectivity index is 1.53. The van der Waals surface area contributed by atoms with Gasteiger partial charge in [0.15, 0.2) is 5.78 Å². The van der Waals surface area contributed by atoms with Crippen molar-refractivity contribution in [2.24, 2.45) is 40.4 Å². The third kappa shape index (κ3) is 2.76. The topological polar surface area (TPSA) is 43.4 Å². The van der Waals surface area contributed by atoms with Crippen LogP contribution in [0.3, 0.4) is 0 Å². The zero-order chi connectivity index (χ0) is 18.5. The molecule has 4 aliphatic carbocycles. The molecule has 146 valence electrons. The van der Waals surface area contributed by atoms with Crippen LogP contribution >= 0.6 is 0 Å². The maximum atomic E-state index is 12.8. The summed E-state index contributed by atoms with van der Waals surface area (Å²) in [4.78, 5) is 23.9. The van der Waals surface area contributed by atoms with E-state index in [-0.39, 0.29) is 29.7 Å². The van der Waals surface area contributed by atoms with Crippen molar-refractivity contribution in [2.75, 3.05) is 6.61 Å². The quantitative estimate of drug-likeness (QED) is 0.652. The van der Waals surface area contributed by atoms with Gasteiger partial charge in [-0.05, 0) is 85.9 Å². The van der Waals surface area contributed by atoms with Crippen molar-refractivity contribution < 1.29 is 14.3 Å². The number of carbonyl (C=O) groups is 2. The maximum Gasteiger partial charge on any atom is 0.303 e. The first-order valence-corrected chi connectivity index (χ1v) is 11.0. The van der Waals surface area contributed by atoms with Gasteiger partial charge in [0.1, 0.15) is 6.61 Å². The number of hydrogen-bond donors (Lipinski definition) is 0. The van der Waals surface area contributed by atoms with Crippen LogP contribution in [0, 0.1) is 40.4 Å². The lowest BCUT2D eigenvalue weighted by Crippen LogP contribution is -2.53. The van der Waals surface area contributed by atoms with E-state index in [1.54, 1.807) is 0 Å². The second-order valence-corrected chi connectivity index (χ2v) is 10.3. The van der Waals surface area contributed by atoms with Crippen molar-refractivity contribution in [2.45, 2.75) is 85.0 Å². The minimum Gasteiger partial charge on any atom is -0.458 e. The molecule has 0 saturated heterocycles. The number of ketones is 1. The first-order valence-electron chi connectivity index (χ1n) is 11.0. The molecule has 0 aromatic carbocycles. The summed E-state index contributed by atoms with van der Waals surface area (Å²) in [6, 6.07) is 0. The molecule has 7 unspecified atom stereocenters. The fourth-order valence-corrected chi connectivity index (χ4v) is 8.10. The summed E-state index contributed by atoms with van der Waals surface area (Å²) in [7, 11) is 0. The molecule has 0 spiro atoms. The van der Waals surface area contributed by atoms with Crippen LogP contribution in [0.5, 0.6) is 0 Å². The highest BCUT2D eigenvalue weighted by atomic mass is 16.5. The highest BCUT2D eigenvalue weighted by Gasteiger charge is 2.60. The van der Waals surface area contributed by atoms with Crippen LogP contribution in [-0.2, 0) is 14.3 Å². The van der Waals surface area contributed by atoms with Gasteiger partial charge >= 0.3 is 5.97 Å². The lowest BCUT2D eigenvalue weighted by atomic mass is 9.45. The third-order valence-corrected chi connectivity index (χ3v) is 9.39. The number of carbonyl (C=O) groups excluding carboxylic acids is 2. The van der Waals surface area contributed by atoms with Crippen LogP contribution in [0.25, 0.3) is 0 Å². The predicted octanol–water partition coefficient (Wildman–Crippen LogP) is 5.17. The van der Waals surface area contributed by atoms with Gasteiger partial charge in [-0.15, -0.1) is 0 Å². The molecule has 0 aromatic rings. The van der Waals surface area contributed by atoms with Crippen molar-refractivity contribution in [1.29, 1.82) is 0 Å². The Labute approximate surface area is 158 Å². The lowest BCUT2D eigenvalue weighted by molar-refractivity contribution is -0.150. The predicted molar refractivity (Wildman–Crippen MR) is 101 cm³/mol. The van der Waals surface area contributed by atoms with Gasteiger partial charge < -0.3 is 4.74 Å². The first-order chi connectivity index (χ1) is 12.4. The van der Waals surface area contributed by atoms with Crippen LogP contribution in [0.4, 0.5) is 0 Å². The van der Waals surface area contributed by atoms with Crippen molar-refractivity contribution in [3.63, 3.8) is 0 Å². The van der Waals surface area contributed by atoms with E-state index >= 15 is 0 Å². The maximum absolute atomic E-state index is 12.8. The van der Waals surface area contributed by atoms with Crippen LogP contribution in [0.2, 0.25) is 0 Å². The fourth-order valence-electron chi connectivity index (χ4n) is 8.10. The van der Waals surface area contributed by atoms with Crippen LogP contribution < -0.4 is 0 Å². The van der Waals surface area contributed by atoms with Gasteiger partial charge in [0.05, 0.1) is 0 Å². The van der Waals surface area contributed by atoms with E-state index in [1.165, 1.54) is 64.7 Å². The average Bonchev–Trinajstić information content (AvgIpc) is 2.96. The monoisotopic (exact) mass is 360 g/mol. The fraction of sp³-hybridized carbons (Fsp3) is 0.913. The number of rotatable bonds is 3. The summed E-state index contributed by atoms with van der Waals surface area (Å²) in [5.41, 5.74) is 0.693. The summed E-state index contributed by atoms with van der Waals surface area (Å²) in [5, 5.41) is 0. The van der Waals surface area contributed by atoms with E-state index in [0.717, 1.165) is 24.2 Å². The summed E-state index contributed by atoms with van der Waals surface area (Å²) in [6.45, 7) is 6.36. The van der Waals surface area contributed by atoms with Gasteiger partial charge in [-0.2, -0.15) is 0 Å². The van der Waals surface area contributed by atoms with Crippen LogP contribution in [-0.4, -0.2) is 18.4 Å². The highest BCUT2D eigenvalue weighted by molar-refractivity contribution is 5.85. The molecular formula is C23H36O3. The molecule has 0 aromatic heterocycles. The zero-order valence-electron chi connectivity index (χ0n) is 16.9. The molecule has 0 amide bonds. The molecule has 26 heavy (non-hydrogen) atoms. The Hall–Kier alpha value is -0.860. The largest absolute Gasteiger partial charge is 0.458 e. The Morgan fingerprint density at radius 2 is 1.65 bits per heavy atom. The molecule has 0 radical (unpaired) electrons. The van der Waals surface area contributed by atoms with E-state index in [4.69, 9.17) is 4.74 Å². The molecule has 3 heteroatoms. The van der Waals surface area contributed by atoms with E-state index in [0.29, 0.717) is 11.3 Å². The van der Waals surface area contributed by atoms with Gasteiger partial charge in [-0.25, -0.2) is 0 Å². The molecule has 4 saturated carbocycles. The van der Waals surface area contributed by atoms with Crippen molar-refractivity contribution in [3.05, 3.63) is 0 Å². The van der Waals surface area contributed by atoms with Gasteiger partial charge in [0.2, 0.25) is 0 Å². The van der Waals surface area contributed by atoms with Gasteiger partial charge in [-0.1, -0.05) is 26.7 Å². The second-order valence-electron chi connectivity index (χ2n) is 10.3. The number of fused-ring (bicyclic) bond motifs is 5. The summed E-state index contributed by atoms with van der Waals surface area (Å²) >= 11 is 0. The van der Waals surface area contributed by atoms with Crippen molar-refractivity contribution in [1.82, 2.24) is 0 Å². The smallest absolute Gasteiger partial charge is 0.303 e. The Morgan fingerprint density at radius 1 is 0.885 bits per heavy atom. The number of hydrogen-bond acceptors (Lipinski definition) is 3. The van der Waals surface area contributed by atoms with Crippen LogP contribution in [0.15, 0.2) is 0 Å². The molecule has 0 aliphatic heterocycles. The van der Waals surface area contributed by atoms with Crippen molar-refractivity contribution >= 4 is 11.8 Å². The first kappa shape index (κ1) is 18.5. The molecular weight excluding hydrogens is 324 g/mol. The molecule has 7 atom stereocenters. The van der Waals surface area contributed by atoms with E-state index < -0.39 is 0 Å². The SMILES string of the molecule is CC(=O)OCC(=O)C1CCC2C3CCC4CCCCC4(C)C3CCC12C. The molecule has 4 rings (SSSR count). The van der Waals surface area contributed by atoms with E-state index in [1.807, 2.05) is 0 Å². The minimum absolute atomic E-state index is 0.0177. The molecule has 4 aliphatic rings. The zero-order valence-corrected chi connectivity index (χ0v) is 16.9. The average molecular weight is 361 g/mol. The molecule has 3 nitrogen and oxygen atoms in total.